The molecule has 1 fully saturated rings. The molecule has 0 unspecified atom stereocenters. The van der Waals surface area contributed by atoms with E-state index in [0.29, 0.717) is 11.6 Å². The minimum absolute atomic E-state index is 0.0960. The molecule has 0 aromatic carbocycles. The standard InChI is InChI=1S/C17H29N5O2/c1-12(2)14-9-15(20-17(18)19-14)16(23)21(3)10-13-5-6-22(11-13)7-8-24-4/h9,12-13H,5-8,10-11H2,1-4H3,(H2,18,19,20)/t13-/m1/s1. The van der Waals surface area contributed by atoms with Gasteiger partial charge in [0.05, 0.1) is 6.61 Å². The summed E-state index contributed by atoms with van der Waals surface area (Å²) in [5.74, 6) is 0.752. The molecular formula is C17H29N5O2. The van der Waals surface area contributed by atoms with Gasteiger partial charge < -0.3 is 20.3 Å². The van der Waals surface area contributed by atoms with E-state index in [4.69, 9.17) is 10.5 Å². The maximum atomic E-state index is 12.7. The lowest BCUT2D eigenvalue weighted by atomic mass is 10.1. The zero-order chi connectivity index (χ0) is 17.7. The van der Waals surface area contributed by atoms with Crippen molar-refractivity contribution in [1.82, 2.24) is 19.8 Å². The van der Waals surface area contributed by atoms with Crippen molar-refractivity contribution in [2.24, 2.45) is 5.92 Å². The third-order valence-corrected chi connectivity index (χ3v) is 4.43. The third-order valence-electron chi connectivity index (χ3n) is 4.43. The lowest BCUT2D eigenvalue weighted by molar-refractivity contribution is 0.0766. The number of rotatable bonds is 7. The number of aromatic nitrogens is 2. The number of nitrogens with two attached hydrogens (primary N) is 1. The highest BCUT2D eigenvalue weighted by Gasteiger charge is 2.25. The second kappa shape index (κ2) is 8.39. The molecule has 0 bridgehead atoms. The molecule has 0 radical (unpaired) electrons. The average Bonchev–Trinajstić information content (AvgIpc) is 2.98. The Hall–Kier alpha value is -1.73. The Bertz CT molecular complexity index is 564. The number of hydrogen-bond donors (Lipinski definition) is 1. The number of likely N-dealkylation sites (tertiary alicyclic amines) is 1. The summed E-state index contributed by atoms with van der Waals surface area (Å²) in [6.07, 6.45) is 1.10. The van der Waals surface area contributed by atoms with E-state index in [1.54, 1.807) is 18.1 Å². The van der Waals surface area contributed by atoms with Gasteiger partial charge in [0.2, 0.25) is 5.95 Å². The molecule has 1 saturated heterocycles. The van der Waals surface area contributed by atoms with E-state index in [1.807, 2.05) is 20.9 Å². The topological polar surface area (TPSA) is 84.6 Å². The molecule has 2 heterocycles. The van der Waals surface area contributed by atoms with Crippen molar-refractivity contribution >= 4 is 11.9 Å². The van der Waals surface area contributed by atoms with Gasteiger partial charge >= 0.3 is 0 Å². The summed E-state index contributed by atoms with van der Waals surface area (Å²) in [5, 5.41) is 0. The van der Waals surface area contributed by atoms with Crippen molar-refractivity contribution in [1.29, 1.82) is 0 Å². The fourth-order valence-electron chi connectivity index (χ4n) is 3.04. The number of nitrogens with zero attached hydrogens (tertiary/aromatic N) is 4. The van der Waals surface area contributed by atoms with Gasteiger partial charge in [-0.25, -0.2) is 9.97 Å². The van der Waals surface area contributed by atoms with Crippen LogP contribution in [0.1, 0.15) is 42.4 Å². The van der Waals surface area contributed by atoms with Gasteiger partial charge in [-0.15, -0.1) is 0 Å². The van der Waals surface area contributed by atoms with Gasteiger partial charge in [-0.05, 0) is 30.9 Å². The highest BCUT2D eigenvalue weighted by atomic mass is 16.5. The van der Waals surface area contributed by atoms with Crippen LogP contribution in [0.5, 0.6) is 0 Å². The monoisotopic (exact) mass is 335 g/mol. The Morgan fingerprint density at radius 2 is 2.25 bits per heavy atom. The van der Waals surface area contributed by atoms with Crippen LogP contribution in [-0.4, -0.2) is 72.6 Å². The number of methoxy groups -OCH3 is 1. The number of ether oxygens (including phenoxy) is 1. The molecule has 0 saturated carbocycles. The predicted octanol–water partition coefficient (Wildman–Crippen LogP) is 1.22. The fraction of sp³-hybridized carbons (Fsp3) is 0.706. The Kier molecular flexibility index (Phi) is 6.51. The first kappa shape index (κ1) is 18.6. The lowest BCUT2D eigenvalue weighted by Gasteiger charge is -2.22. The van der Waals surface area contributed by atoms with Gasteiger partial charge in [0, 0.05) is 39.5 Å². The van der Waals surface area contributed by atoms with E-state index in [0.717, 1.165) is 44.9 Å². The molecule has 134 valence electrons. The molecule has 1 amide bonds. The maximum Gasteiger partial charge on any atom is 0.272 e. The second-order valence-electron chi connectivity index (χ2n) is 6.82. The summed E-state index contributed by atoms with van der Waals surface area (Å²) in [6, 6.07) is 1.75. The quantitative estimate of drug-likeness (QED) is 0.806. The van der Waals surface area contributed by atoms with E-state index >= 15 is 0 Å². The lowest BCUT2D eigenvalue weighted by Crippen LogP contribution is -2.34. The number of amides is 1. The first-order chi connectivity index (χ1) is 11.4. The summed E-state index contributed by atoms with van der Waals surface area (Å²) in [7, 11) is 3.55. The Balaban J connectivity index is 1.95. The van der Waals surface area contributed by atoms with Crippen LogP contribution in [-0.2, 0) is 4.74 Å². The van der Waals surface area contributed by atoms with Crippen LogP contribution in [0.15, 0.2) is 6.07 Å². The second-order valence-corrected chi connectivity index (χ2v) is 6.82. The highest BCUT2D eigenvalue weighted by Crippen LogP contribution is 2.19. The molecule has 2 rings (SSSR count). The van der Waals surface area contributed by atoms with Crippen molar-refractivity contribution in [2.45, 2.75) is 26.2 Å². The van der Waals surface area contributed by atoms with E-state index in [2.05, 4.69) is 14.9 Å². The molecule has 7 heteroatoms. The van der Waals surface area contributed by atoms with Crippen molar-refractivity contribution in [2.75, 3.05) is 52.7 Å². The third kappa shape index (κ3) is 4.88. The maximum absolute atomic E-state index is 12.7. The van der Waals surface area contributed by atoms with Crippen molar-refractivity contribution < 1.29 is 9.53 Å². The molecule has 1 aromatic rings. The minimum atomic E-state index is -0.0960. The Labute approximate surface area is 144 Å². The van der Waals surface area contributed by atoms with Gasteiger partial charge in [-0.1, -0.05) is 13.8 Å². The summed E-state index contributed by atoms with van der Waals surface area (Å²) in [5.41, 5.74) is 6.93. The van der Waals surface area contributed by atoms with Gasteiger partial charge in [-0.3, -0.25) is 4.79 Å². The average molecular weight is 335 g/mol. The van der Waals surface area contributed by atoms with Gasteiger partial charge in [0.1, 0.15) is 5.69 Å². The number of carbonyl (C=O) groups excluding carboxylic acids is 1. The van der Waals surface area contributed by atoms with Crippen molar-refractivity contribution in [3.8, 4) is 0 Å². The zero-order valence-corrected chi connectivity index (χ0v) is 15.2. The van der Waals surface area contributed by atoms with Crippen LogP contribution < -0.4 is 5.73 Å². The number of anilines is 1. The summed E-state index contributed by atoms with van der Waals surface area (Å²) >= 11 is 0. The molecule has 24 heavy (non-hydrogen) atoms. The SMILES string of the molecule is COCCN1CC[C@H](CN(C)C(=O)c2cc(C(C)C)nc(N)n2)C1. The fourth-order valence-corrected chi connectivity index (χ4v) is 3.04. The molecule has 1 atom stereocenters. The summed E-state index contributed by atoms with van der Waals surface area (Å²) < 4.78 is 5.13. The van der Waals surface area contributed by atoms with Crippen molar-refractivity contribution in [3.63, 3.8) is 0 Å². The van der Waals surface area contributed by atoms with Crippen LogP contribution in [0, 0.1) is 5.92 Å². The van der Waals surface area contributed by atoms with Crippen LogP contribution in [0.25, 0.3) is 0 Å². The van der Waals surface area contributed by atoms with Crippen LogP contribution >= 0.6 is 0 Å². The Morgan fingerprint density at radius 1 is 1.50 bits per heavy atom. The van der Waals surface area contributed by atoms with Gasteiger partial charge in [0.15, 0.2) is 0 Å². The molecule has 2 N–H and O–H groups in total. The number of hydrogen-bond acceptors (Lipinski definition) is 6. The first-order valence-electron chi connectivity index (χ1n) is 8.52. The number of carbonyl (C=O) groups is 1. The molecular weight excluding hydrogens is 306 g/mol. The predicted molar refractivity (Wildman–Crippen MR) is 93.9 cm³/mol. The van der Waals surface area contributed by atoms with Crippen LogP contribution in [0.2, 0.25) is 0 Å². The van der Waals surface area contributed by atoms with Crippen LogP contribution in [0.3, 0.4) is 0 Å². The first-order valence-corrected chi connectivity index (χ1v) is 8.52. The van der Waals surface area contributed by atoms with E-state index in [-0.39, 0.29) is 17.8 Å². The molecule has 1 aliphatic heterocycles. The van der Waals surface area contributed by atoms with E-state index < -0.39 is 0 Å². The zero-order valence-electron chi connectivity index (χ0n) is 15.2. The summed E-state index contributed by atoms with van der Waals surface area (Å²) in [4.78, 5) is 25.1. The molecule has 7 nitrogen and oxygen atoms in total. The minimum Gasteiger partial charge on any atom is -0.383 e. The van der Waals surface area contributed by atoms with Gasteiger partial charge in [-0.2, -0.15) is 0 Å². The summed E-state index contributed by atoms with van der Waals surface area (Å²) in [6.45, 7) is 8.53. The highest BCUT2D eigenvalue weighted by molar-refractivity contribution is 5.92. The number of nitrogen functional groups attached to an aromatic ring is 1. The molecule has 1 aromatic heterocycles. The van der Waals surface area contributed by atoms with Gasteiger partial charge in [0.25, 0.3) is 5.91 Å². The normalized spacial score (nSPS) is 18.3. The van der Waals surface area contributed by atoms with Crippen LogP contribution in [0.4, 0.5) is 5.95 Å². The largest absolute Gasteiger partial charge is 0.383 e. The molecule has 0 spiro atoms. The van der Waals surface area contributed by atoms with E-state index in [1.165, 1.54) is 0 Å². The van der Waals surface area contributed by atoms with Crippen molar-refractivity contribution in [3.05, 3.63) is 17.5 Å². The molecule has 1 aliphatic rings. The molecule has 0 aliphatic carbocycles. The smallest absolute Gasteiger partial charge is 0.272 e. The van der Waals surface area contributed by atoms with E-state index in [9.17, 15) is 4.79 Å². The Morgan fingerprint density at radius 3 is 2.92 bits per heavy atom.